The lowest BCUT2D eigenvalue weighted by molar-refractivity contribution is -0.139. The van der Waals surface area contributed by atoms with E-state index in [0.717, 1.165) is 49.0 Å². The van der Waals surface area contributed by atoms with Crippen LogP contribution in [0.15, 0.2) is 12.3 Å². The maximum absolute atomic E-state index is 12.5. The van der Waals surface area contributed by atoms with Crippen LogP contribution in [-0.2, 0) is 11.2 Å². The third-order valence-corrected chi connectivity index (χ3v) is 5.89. The molecule has 2 bridgehead atoms. The number of allylic oxidation sites excluding steroid dienone is 1. The molecule has 0 aromatic carbocycles. The van der Waals surface area contributed by atoms with E-state index in [2.05, 4.69) is 21.3 Å². The van der Waals surface area contributed by atoms with E-state index in [-0.39, 0.29) is 17.9 Å². The number of carbonyl (C=O) groups is 2. The van der Waals surface area contributed by atoms with Gasteiger partial charge in [-0.3, -0.25) is 14.6 Å². The van der Waals surface area contributed by atoms with Gasteiger partial charge in [-0.05, 0) is 25.7 Å². The summed E-state index contributed by atoms with van der Waals surface area (Å²) < 4.78 is 0. The second kappa shape index (κ2) is 6.41. The lowest BCUT2D eigenvalue weighted by Gasteiger charge is -2.40. The molecule has 0 unspecified atom stereocenters. The van der Waals surface area contributed by atoms with E-state index < -0.39 is 5.91 Å². The average molecular weight is 354 g/mol. The molecule has 2 aliphatic heterocycles. The molecule has 2 fully saturated rings. The van der Waals surface area contributed by atoms with Gasteiger partial charge in [-0.2, -0.15) is 0 Å². The molecular weight excluding hydrogens is 328 g/mol. The summed E-state index contributed by atoms with van der Waals surface area (Å²) in [5.74, 6) is -0.155. The molecular formula is C20H26N4O2. The molecule has 6 heteroatoms. The zero-order chi connectivity index (χ0) is 18.4. The largest absolute Gasteiger partial charge is 0.381 e. The van der Waals surface area contributed by atoms with Crippen LogP contribution in [0.2, 0.25) is 0 Å². The predicted octanol–water partition coefficient (Wildman–Crippen LogP) is 2.34. The maximum atomic E-state index is 12.5. The fourth-order valence-electron chi connectivity index (χ4n) is 4.70. The lowest BCUT2D eigenvalue weighted by atomic mass is 9.94. The van der Waals surface area contributed by atoms with Gasteiger partial charge < -0.3 is 16.0 Å². The van der Waals surface area contributed by atoms with E-state index in [4.69, 9.17) is 5.73 Å². The van der Waals surface area contributed by atoms with Gasteiger partial charge in [0, 0.05) is 42.2 Å². The SMILES string of the molecule is CC(C)C(=O)N1[C@H]2CC[C@H]1CC(Nc1c(C(N)=O)cnc3c1C=CC3)C2. The molecule has 0 radical (unpaired) electrons. The van der Waals surface area contributed by atoms with Crippen LogP contribution >= 0.6 is 0 Å². The van der Waals surface area contributed by atoms with Crippen molar-refractivity contribution in [2.75, 3.05) is 5.32 Å². The van der Waals surface area contributed by atoms with E-state index in [1.165, 1.54) is 0 Å². The highest BCUT2D eigenvalue weighted by molar-refractivity contribution is 6.00. The molecule has 4 rings (SSSR count). The number of nitrogens with one attached hydrogen (secondary N) is 1. The van der Waals surface area contributed by atoms with Gasteiger partial charge in [0.2, 0.25) is 5.91 Å². The Bertz CT molecular complexity index is 772. The number of hydrogen-bond acceptors (Lipinski definition) is 4. The quantitative estimate of drug-likeness (QED) is 0.869. The number of amides is 2. The number of nitrogens with two attached hydrogens (primary N) is 1. The van der Waals surface area contributed by atoms with Crippen LogP contribution in [-0.4, -0.2) is 39.8 Å². The van der Waals surface area contributed by atoms with Crippen LogP contribution in [0.3, 0.4) is 0 Å². The average Bonchev–Trinajstić information content (AvgIpc) is 3.17. The Labute approximate surface area is 153 Å². The number of piperidine rings is 1. The van der Waals surface area contributed by atoms with Crippen molar-refractivity contribution in [2.45, 2.75) is 64.1 Å². The number of carbonyl (C=O) groups excluding carboxylic acids is 2. The molecule has 6 nitrogen and oxygen atoms in total. The van der Waals surface area contributed by atoms with Crippen LogP contribution in [0.5, 0.6) is 0 Å². The van der Waals surface area contributed by atoms with Gasteiger partial charge in [0.1, 0.15) is 0 Å². The second-order valence-corrected chi connectivity index (χ2v) is 7.98. The number of aromatic nitrogens is 1. The molecule has 0 spiro atoms. The predicted molar refractivity (Wildman–Crippen MR) is 101 cm³/mol. The third-order valence-electron chi connectivity index (χ3n) is 5.89. The fraction of sp³-hybridized carbons (Fsp3) is 0.550. The van der Waals surface area contributed by atoms with Gasteiger partial charge in [0.05, 0.1) is 16.9 Å². The van der Waals surface area contributed by atoms with Crippen molar-refractivity contribution in [1.29, 1.82) is 0 Å². The first-order chi connectivity index (χ1) is 12.5. The summed E-state index contributed by atoms with van der Waals surface area (Å²) in [6.07, 6.45) is 10.4. The van der Waals surface area contributed by atoms with Gasteiger partial charge in [-0.15, -0.1) is 0 Å². The van der Waals surface area contributed by atoms with Crippen molar-refractivity contribution in [2.24, 2.45) is 11.7 Å². The number of rotatable bonds is 4. The standard InChI is InChI=1S/C20H26N4O2/c1-11(2)20(26)24-13-6-7-14(24)9-12(8-13)23-18-15-4-3-5-17(15)22-10-16(18)19(21)25/h3-4,10-14H,5-9H2,1-2H3,(H2,21,25)(H,22,23)/t13-,14-/m0/s1. The Morgan fingerprint density at radius 2 is 1.96 bits per heavy atom. The minimum Gasteiger partial charge on any atom is -0.381 e. The highest BCUT2D eigenvalue weighted by Crippen LogP contribution is 2.39. The van der Waals surface area contributed by atoms with E-state index >= 15 is 0 Å². The van der Waals surface area contributed by atoms with E-state index in [0.29, 0.717) is 17.6 Å². The third kappa shape index (κ3) is 2.77. The highest BCUT2D eigenvalue weighted by Gasteiger charge is 2.43. The molecule has 3 N–H and O–H groups in total. The molecule has 3 heterocycles. The summed E-state index contributed by atoms with van der Waals surface area (Å²) in [4.78, 5) is 30.9. The van der Waals surface area contributed by atoms with Crippen LogP contribution in [0.4, 0.5) is 5.69 Å². The summed E-state index contributed by atoms with van der Waals surface area (Å²) in [5, 5.41) is 3.59. The van der Waals surface area contributed by atoms with Gasteiger partial charge in [0.15, 0.2) is 0 Å². The minimum absolute atomic E-state index is 0.0395. The number of hydrogen-bond donors (Lipinski definition) is 2. The van der Waals surface area contributed by atoms with Crippen molar-refractivity contribution in [1.82, 2.24) is 9.88 Å². The molecule has 2 amide bonds. The molecule has 3 aliphatic rings. The van der Waals surface area contributed by atoms with Crippen LogP contribution in [0.1, 0.15) is 61.1 Å². The summed E-state index contributed by atoms with van der Waals surface area (Å²) >= 11 is 0. The molecule has 26 heavy (non-hydrogen) atoms. The molecule has 1 aliphatic carbocycles. The Morgan fingerprint density at radius 1 is 1.27 bits per heavy atom. The smallest absolute Gasteiger partial charge is 0.252 e. The van der Waals surface area contributed by atoms with E-state index in [1.807, 2.05) is 19.9 Å². The number of fused-ring (bicyclic) bond motifs is 3. The fourth-order valence-corrected chi connectivity index (χ4v) is 4.70. The Kier molecular flexibility index (Phi) is 4.21. The van der Waals surface area contributed by atoms with Crippen molar-refractivity contribution < 1.29 is 9.59 Å². The van der Waals surface area contributed by atoms with Crippen molar-refractivity contribution in [3.05, 3.63) is 29.1 Å². The summed E-state index contributed by atoms with van der Waals surface area (Å²) in [6, 6.07) is 0.828. The molecule has 1 aromatic heterocycles. The van der Waals surface area contributed by atoms with E-state index in [9.17, 15) is 9.59 Å². The molecule has 0 saturated carbocycles. The summed E-state index contributed by atoms with van der Waals surface area (Å²) in [7, 11) is 0. The van der Waals surface area contributed by atoms with Crippen molar-refractivity contribution in [3.8, 4) is 0 Å². The number of pyridine rings is 1. The molecule has 138 valence electrons. The topological polar surface area (TPSA) is 88.3 Å². The molecule has 2 saturated heterocycles. The van der Waals surface area contributed by atoms with E-state index in [1.54, 1.807) is 6.20 Å². The van der Waals surface area contributed by atoms with Gasteiger partial charge in [0.25, 0.3) is 5.91 Å². The zero-order valence-corrected chi connectivity index (χ0v) is 15.4. The minimum atomic E-state index is -0.460. The first kappa shape index (κ1) is 17.1. The van der Waals surface area contributed by atoms with Crippen molar-refractivity contribution in [3.63, 3.8) is 0 Å². The summed E-state index contributed by atoms with van der Waals surface area (Å²) in [5.41, 5.74) is 8.80. The van der Waals surface area contributed by atoms with Gasteiger partial charge >= 0.3 is 0 Å². The monoisotopic (exact) mass is 354 g/mol. The highest BCUT2D eigenvalue weighted by atomic mass is 16.2. The van der Waals surface area contributed by atoms with Crippen LogP contribution in [0, 0.1) is 5.92 Å². The summed E-state index contributed by atoms with van der Waals surface area (Å²) in [6.45, 7) is 3.94. The van der Waals surface area contributed by atoms with Gasteiger partial charge in [-0.25, -0.2) is 0 Å². The number of nitrogens with zero attached hydrogens (tertiary/aromatic N) is 2. The Balaban J connectivity index is 1.57. The zero-order valence-electron chi connectivity index (χ0n) is 15.4. The second-order valence-electron chi connectivity index (χ2n) is 7.98. The maximum Gasteiger partial charge on any atom is 0.252 e. The Hall–Kier alpha value is -2.37. The van der Waals surface area contributed by atoms with Crippen LogP contribution < -0.4 is 11.1 Å². The molecule has 2 atom stereocenters. The normalized spacial score (nSPS) is 26.3. The number of anilines is 1. The molecule has 1 aromatic rings. The lowest BCUT2D eigenvalue weighted by Crippen LogP contribution is -2.51. The first-order valence-electron chi connectivity index (χ1n) is 9.52. The first-order valence-corrected chi connectivity index (χ1v) is 9.52. The number of primary amides is 1. The Morgan fingerprint density at radius 3 is 2.58 bits per heavy atom. The van der Waals surface area contributed by atoms with Crippen LogP contribution in [0.25, 0.3) is 6.08 Å². The van der Waals surface area contributed by atoms with Crippen molar-refractivity contribution >= 4 is 23.6 Å². The van der Waals surface area contributed by atoms with Gasteiger partial charge in [-0.1, -0.05) is 26.0 Å².